The van der Waals surface area contributed by atoms with Crippen LogP contribution in [-0.4, -0.2) is 31.4 Å². The minimum atomic E-state index is -1.12. The molecule has 23 heavy (non-hydrogen) atoms. The summed E-state index contributed by atoms with van der Waals surface area (Å²) in [6.45, 7) is 3.90. The lowest BCUT2D eigenvalue weighted by Crippen LogP contribution is -2.45. The Kier molecular flexibility index (Phi) is 5.81. The molecule has 2 aromatic rings. The highest BCUT2D eigenvalue weighted by Gasteiger charge is 2.25. The van der Waals surface area contributed by atoms with E-state index in [-0.39, 0.29) is 12.6 Å². The molecule has 2 aromatic heterocycles. The van der Waals surface area contributed by atoms with Crippen LogP contribution >= 0.6 is 11.3 Å². The quantitative estimate of drug-likeness (QED) is 0.724. The summed E-state index contributed by atoms with van der Waals surface area (Å²) in [7, 11) is 1.56. The molecule has 2 unspecified atom stereocenters. The van der Waals surface area contributed by atoms with Crippen molar-refractivity contribution in [3.8, 4) is 0 Å². The van der Waals surface area contributed by atoms with Crippen molar-refractivity contribution in [1.29, 1.82) is 0 Å². The molecular formula is C16H22N2O4S. The summed E-state index contributed by atoms with van der Waals surface area (Å²) in [5, 5.41) is 19.6. The molecule has 0 aromatic carbocycles. The van der Waals surface area contributed by atoms with E-state index < -0.39 is 11.6 Å². The first-order valence-electron chi connectivity index (χ1n) is 7.27. The summed E-state index contributed by atoms with van der Waals surface area (Å²) < 4.78 is 10.7. The van der Waals surface area contributed by atoms with Gasteiger partial charge < -0.3 is 24.9 Å². The van der Waals surface area contributed by atoms with Gasteiger partial charge in [-0.2, -0.15) is 11.3 Å². The van der Waals surface area contributed by atoms with Gasteiger partial charge in [-0.05, 0) is 48.4 Å². The maximum Gasteiger partial charge on any atom is 0.315 e. The SMILES string of the molecule is COCC(NC(=O)NCC(C)(O)c1ccsc1)c1ccc(C)o1. The largest absolute Gasteiger partial charge is 0.464 e. The van der Waals surface area contributed by atoms with Crippen LogP contribution in [0.4, 0.5) is 4.79 Å². The zero-order chi connectivity index (χ0) is 16.9. The van der Waals surface area contributed by atoms with Crippen molar-refractivity contribution in [1.82, 2.24) is 10.6 Å². The number of nitrogens with one attached hydrogen (secondary N) is 2. The van der Waals surface area contributed by atoms with Gasteiger partial charge in [0.1, 0.15) is 23.2 Å². The molecule has 0 bridgehead atoms. The number of hydrogen-bond acceptors (Lipinski definition) is 5. The molecule has 3 N–H and O–H groups in total. The van der Waals surface area contributed by atoms with Crippen molar-refractivity contribution in [3.63, 3.8) is 0 Å². The predicted molar refractivity (Wildman–Crippen MR) is 88.5 cm³/mol. The molecule has 7 heteroatoms. The fourth-order valence-electron chi connectivity index (χ4n) is 2.14. The number of methoxy groups -OCH3 is 1. The number of rotatable bonds is 7. The summed E-state index contributed by atoms with van der Waals surface area (Å²) in [6.07, 6.45) is 0. The molecule has 0 spiro atoms. The summed E-state index contributed by atoms with van der Waals surface area (Å²) >= 11 is 1.50. The first-order valence-corrected chi connectivity index (χ1v) is 8.21. The number of carbonyl (C=O) groups excluding carboxylic acids is 1. The van der Waals surface area contributed by atoms with Gasteiger partial charge >= 0.3 is 6.03 Å². The van der Waals surface area contributed by atoms with Crippen molar-refractivity contribution >= 4 is 17.4 Å². The summed E-state index contributed by atoms with van der Waals surface area (Å²) in [6, 6.07) is 4.69. The van der Waals surface area contributed by atoms with Crippen molar-refractivity contribution in [2.75, 3.05) is 20.3 Å². The molecule has 6 nitrogen and oxygen atoms in total. The van der Waals surface area contributed by atoms with E-state index in [9.17, 15) is 9.90 Å². The van der Waals surface area contributed by atoms with Crippen LogP contribution in [0.5, 0.6) is 0 Å². The van der Waals surface area contributed by atoms with Gasteiger partial charge in [0.2, 0.25) is 0 Å². The highest BCUT2D eigenvalue weighted by molar-refractivity contribution is 7.08. The molecule has 0 aliphatic heterocycles. The summed E-state index contributed by atoms with van der Waals surface area (Å²) in [5.41, 5.74) is -0.340. The lowest BCUT2D eigenvalue weighted by molar-refractivity contribution is 0.0594. The molecule has 126 valence electrons. The molecule has 0 fully saturated rings. The van der Waals surface area contributed by atoms with Gasteiger partial charge in [0.15, 0.2) is 0 Å². The van der Waals surface area contributed by atoms with Crippen LogP contribution in [0.1, 0.15) is 30.0 Å². The lowest BCUT2D eigenvalue weighted by Gasteiger charge is -2.24. The molecule has 0 radical (unpaired) electrons. The van der Waals surface area contributed by atoms with Crippen LogP contribution in [-0.2, 0) is 10.3 Å². The van der Waals surface area contributed by atoms with E-state index >= 15 is 0 Å². The zero-order valence-corrected chi connectivity index (χ0v) is 14.3. The monoisotopic (exact) mass is 338 g/mol. The van der Waals surface area contributed by atoms with Gasteiger partial charge in [-0.3, -0.25) is 0 Å². The third-order valence-electron chi connectivity index (χ3n) is 3.48. The minimum Gasteiger partial charge on any atom is -0.464 e. The second kappa shape index (κ2) is 7.63. The van der Waals surface area contributed by atoms with Crippen LogP contribution < -0.4 is 10.6 Å². The Balaban J connectivity index is 1.92. The number of thiophene rings is 1. The molecule has 2 atom stereocenters. The smallest absolute Gasteiger partial charge is 0.315 e. The Labute approximate surface area is 139 Å². The van der Waals surface area contributed by atoms with E-state index in [4.69, 9.17) is 9.15 Å². The average molecular weight is 338 g/mol. The molecule has 0 saturated heterocycles. The van der Waals surface area contributed by atoms with Gasteiger partial charge in [0, 0.05) is 7.11 Å². The van der Waals surface area contributed by atoms with E-state index in [1.807, 2.05) is 29.8 Å². The summed E-state index contributed by atoms with van der Waals surface area (Å²) in [5.74, 6) is 1.40. The number of urea groups is 1. The molecule has 2 amide bonds. The van der Waals surface area contributed by atoms with E-state index in [1.165, 1.54) is 11.3 Å². The number of hydrogen-bond donors (Lipinski definition) is 3. The van der Waals surface area contributed by atoms with Crippen LogP contribution in [0.25, 0.3) is 0 Å². The first-order chi connectivity index (χ1) is 10.9. The number of carbonyl (C=O) groups is 1. The fourth-order valence-corrected chi connectivity index (χ4v) is 2.92. The van der Waals surface area contributed by atoms with E-state index in [0.717, 1.165) is 11.3 Å². The van der Waals surface area contributed by atoms with Crippen molar-refractivity contribution < 1.29 is 19.1 Å². The second-order valence-electron chi connectivity index (χ2n) is 5.57. The van der Waals surface area contributed by atoms with Crippen LogP contribution in [0.3, 0.4) is 0 Å². The number of aryl methyl sites for hydroxylation is 1. The van der Waals surface area contributed by atoms with Gasteiger partial charge in [0.05, 0.1) is 13.2 Å². The normalized spacial score (nSPS) is 15.0. The van der Waals surface area contributed by atoms with Gasteiger partial charge in [-0.15, -0.1) is 0 Å². The predicted octanol–water partition coefficient (Wildman–Crippen LogP) is 2.54. The molecule has 0 aliphatic carbocycles. The highest BCUT2D eigenvalue weighted by atomic mass is 32.1. The molecule has 0 aliphatic rings. The zero-order valence-electron chi connectivity index (χ0n) is 13.5. The van der Waals surface area contributed by atoms with Gasteiger partial charge in [-0.1, -0.05) is 0 Å². The lowest BCUT2D eigenvalue weighted by atomic mass is 9.99. The van der Waals surface area contributed by atoms with E-state index in [0.29, 0.717) is 12.4 Å². The Bertz CT molecular complexity index is 622. The molecule has 2 heterocycles. The first kappa shape index (κ1) is 17.5. The minimum absolute atomic E-state index is 0.104. The van der Waals surface area contributed by atoms with Crippen LogP contribution in [0.15, 0.2) is 33.4 Å². The number of amides is 2. The molecular weight excluding hydrogens is 316 g/mol. The Morgan fingerprint density at radius 3 is 2.83 bits per heavy atom. The van der Waals surface area contributed by atoms with E-state index in [1.54, 1.807) is 20.1 Å². The van der Waals surface area contributed by atoms with Gasteiger partial charge in [0.25, 0.3) is 0 Å². The third-order valence-corrected chi connectivity index (χ3v) is 4.16. The Hall–Kier alpha value is -1.83. The molecule has 2 rings (SSSR count). The maximum absolute atomic E-state index is 12.1. The number of furan rings is 1. The number of aliphatic hydroxyl groups is 1. The topological polar surface area (TPSA) is 83.7 Å². The fraction of sp³-hybridized carbons (Fsp3) is 0.438. The van der Waals surface area contributed by atoms with Crippen LogP contribution in [0, 0.1) is 6.92 Å². The maximum atomic E-state index is 12.1. The van der Waals surface area contributed by atoms with Crippen molar-refractivity contribution in [3.05, 3.63) is 46.0 Å². The van der Waals surface area contributed by atoms with Crippen molar-refractivity contribution in [2.45, 2.75) is 25.5 Å². The number of ether oxygens (including phenoxy) is 1. The third kappa shape index (κ3) is 4.82. The van der Waals surface area contributed by atoms with Crippen LogP contribution in [0.2, 0.25) is 0 Å². The molecule has 0 saturated carbocycles. The van der Waals surface area contributed by atoms with E-state index in [2.05, 4.69) is 10.6 Å². The second-order valence-corrected chi connectivity index (χ2v) is 6.35. The standard InChI is InChI=1S/C16H22N2O4S/c1-11-4-5-14(22-11)13(8-21-3)18-15(19)17-10-16(2,20)12-6-7-23-9-12/h4-7,9,13,20H,8,10H2,1-3H3,(H2,17,18,19). The highest BCUT2D eigenvalue weighted by Crippen LogP contribution is 2.22. The summed E-state index contributed by atoms with van der Waals surface area (Å²) in [4.78, 5) is 12.1. The Morgan fingerprint density at radius 2 is 2.26 bits per heavy atom. The average Bonchev–Trinajstić information content (AvgIpc) is 3.16. The van der Waals surface area contributed by atoms with Gasteiger partial charge in [-0.25, -0.2) is 4.79 Å². The Morgan fingerprint density at radius 1 is 1.48 bits per heavy atom. The van der Waals surface area contributed by atoms with Crippen molar-refractivity contribution in [2.24, 2.45) is 0 Å².